The molecule has 0 amide bonds. The Labute approximate surface area is 101 Å². The van der Waals surface area contributed by atoms with E-state index in [1.54, 1.807) is 12.1 Å². The van der Waals surface area contributed by atoms with Crippen molar-refractivity contribution in [3.63, 3.8) is 0 Å². The Morgan fingerprint density at radius 1 is 1.53 bits per heavy atom. The molecule has 1 saturated heterocycles. The number of nitrogens with one attached hydrogen (secondary N) is 1. The largest absolute Gasteiger partial charge is 0.508 e. The fourth-order valence-electron chi connectivity index (χ4n) is 2.10. The number of para-hydroxylation sites is 1. The number of phenolic OH excluding ortho intramolecular Hbond substituents is 1. The summed E-state index contributed by atoms with van der Waals surface area (Å²) in [5.74, 6) is 0.0667. The van der Waals surface area contributed by atoms with Crippen LogP contribution >= 0.6 is 0 Å². The van der Waals surface area contributed by atoms with Crippen LogP contribution in [0, 0.1) is 0 Å². The Morgan fingerprint density at radius 3 is 2.88 bits per heavy atom. The van der Waals surface area contributed by atoms with E-state index in [1.165, 1.54) is 0 Å². The molecule has 0 saturated carbocycles. The van der Waals surface area contributed by atoms with Gasteiger partial charge in [0.25, 0.3) is 0 Å². The molecule has 1 heterocycles. The Kier molecular flexibility index (Phi) is 3.64. The zero-order valence-corrected chi connectivity index (χ0v) is 9.85. The molecule has 2 N–H and O–H groups in total. The molecule has 0 aliphatic carbocycles. The number of carbonyl (C=O) groups excluding carboxylic acids is 1. The summed E-state index contributed by atoms with van der Waals surface area (Å²) in [6.07, 6.45) is 1.50. The highest BCUT2D eigenvalue weighted by molar-refractivity contribution is 5.77. The summed E-state index contributed by atoms with van der Waals surface area (Å²) in [6, 6.07) is 6.93. The van der Waals surface area contributed by atoms with E-state index < -0.39 is 0 Å². The first-order chi connectivity index (χ1) is 8.22. The lowest BCUT2D eigenvalue weighted by Crippen LogP contribution is -2.36. The van der Waals surface area contributed by atoms with E-state index in [0.717, 1.165) is 12.0 Å². The number of phenols is 1. The molecule has 4 heteroatoms. The van der Waals surface area contributed by atoms with Crippen molar-refractivity contribution in [1.82, 2.24) is 5.32 Å². The van der Waals surface area contributed by atoms with E-state index in [1.807, 2.05) is 19.1 Å². The summed E-state index contributed by atoms with van der Waals surface area (Å²) in [5.41, 5.74) is 0.828. The highest BCUT2D eigenvalue weighted by Gasteiger charge is 2.29. The molecule has 0 bridgehead atoms. The maximum atomic E-state index is 11.4. The van der Waals surface area contributed by atoms with Gasteiger partial charge in [-0.15, -0.1) is 0 Å². The van der Waals surface area contributed by atoms with Gasteiger partial charge in [-0.25, -0.2) is 0 Å². The van der Waals surface area contributed by atoms with Gasteiger partial charge in [-0.05, 0) is 12.5 Å². The summed E-state index contributed by atoms with van der Waals surface area (Å²) in [7, 11) is 0. The van der Waals surface area contributed by atoms with Crippen molar-refractivity contribution >= 4 is 5.97 Å². The molecule has 2 rings (SSSR count). The first kappa shape index (κ1) is 11.9. The fourth-order valence-corrected chi connectivity index (χ4v) is 2.10. The smallest absolute Gasteiger partial charge is 0.323 e. The predicted molar refractivity (Wildman–Crippen MR) is 63.6 cm³/mol. The minimum atomic E-state index is -0.250. The number of carbonyl (C=O) groups is 1. The average molecular weight is 235 g/mol. The molecule has 0 aromatic heterocycles. The SMILES string of the molecule is CCC(NC1CCOC1=O)c1ccccc1O. The Bertz CT molecular complexity index is 405. The Morgan fingerprint density at radius 2 is 2.29 bits per heavy atom. The number of hydrogen-bond acceptors (Lipinski definition) is 4. The number of rotatable bonds is 4. The molecular weight excluding hydrogens is 218 g/mol. The molecule has 2 unspecified atom stereocenters. The van der Waals surface area contributed by atoms with Crippen LogP contribution in [0.3, 0.4) is 0 Å². The number of benzene rings is 1. The van der Waals surface area contributed by atoms with Crippen molar-refractivity contribution in [2.75, 3.05) is 6.61 Å². The maximum Gasteiger partial charge on any atom is 0.323 e. The molecule has 1 aliphatic rings. The summed E-state index contributed by atoms with van der Waals surface area (Å²) in [6.45, 7) is 2.50. The second-order valence-corrected chi connectivity index (χ2v) is 4.20. The van der Waals surface area contributed by atoms with Crippen LogP contribution in [0.25, 0.3) is 0 Å². The van der Waals surface area contributed by atoms with Crippen molar-refractivity contribution in [2.45, 2.75) is 31.8 Å². The molecule has 0 spiro atoms. The van der Waals surface area contributed by atoms with Gasteiger partial charge in [0, 0.05) is 18.0 Å². The van der Waals surface area contributed by atoms with Crippen LogP contribution < -0.4 is 5.32 Å². The van der Waals surface area contributed by atoms with Crippen LogP contribution in [0.1, 0.15) is 31.4 Å². The van der Waals surface area contributed by atoms with Gasteiger partial charge in [0.2, 0.25) is 0 Å². The van der Waals surface area contributed by atoms with Gasteiger partial charge in [-0.1, -0.05) is 25.1 Å². The van der Waals surface area contributed by atoms with Gasteiger partial charge < -0.3 is 9.84 Å². The van der Waals surface area contributed by atoms with Crippen LogP contribution in [-0.2, 0) is 9.53 Å². The van der Waals surface area contributed by atoms with E-state index in [2.05, 4.69) is 5.32 Å². The van der Waals surface area contributed by atoms with Gasteiger partial charge >= 0.3 is 5.97 Å². The third-order valence-electron chi connectivity index (χ3n) is 3.06. The van der Waals surface area contributed by atoms with Crippen LogP contribution in [0.2, 0.25) is 0 Å². The number of ether oxygens (including phenoxy) is 1. The summed E-state index contributed by atoms with van der Waals surface area (Å²) in [4.78, 5) is 11.4. The van der Waals surface area contributed by atoms with E-state index >= 15 is 0 Å². The van der Waals surface area contributed by atoms with E-state index in [9.17, 15) is 9.90 Å². The van der Waals surface area contributed by atoms with Gasteiger partial charge in [0.15, 0.2) is 0 Å². The second-order valence-electron chi connectivity index (χ2n) is 4.20. The minimum Gasteiger partial charge on any atom is -0.508 e. The summed E-state index contributed by atoms with van der Waals surface area (Å²) < 4.78 is 4.91. The average Bonchev–Trinajstić information content (AvgIpc) is 2.73. The number of hydrogen-bond donors (Lipinski definition) is 2. The molecular formula is C13H17NO3. The first-order valence-electron chi connectivity index (χ1n) is 5.93. The highest BCUT2D eigenvalue weighted by atomic mass is 16.5. The molecule has 4 nitrogen and oxygen atoms in total. The number of esters is 1. The van der Waals surface area contributed by atoms with Crippen molar-refractivity contribution < 1.29 is 14.6 Å². The van der Waals surface area contributed by atoms with Gasteiger partial charge in [-0.2, -0.15) is 0 Å². The third-order valence-corrected chi connectivity index (χ3v) is 3.06. The number of cyclic esters (lactones) is 1. The maximum absolute atomic E-state index is 11.4. The highest BCUT2D eigenvalue weighted by Crippen LogP contribution is 2.27. The van der Waals surface area contributed by atoms with Crippen molar-refractivity contribution in [3.8, 4) is 5.75 Å². The van der Waals surface area contributed by atoms with Crippen molar-refractivity contribution in [1.29, 1.82) is 0 Å². The second kappa shape index (κ2) is 5.19. The van der Waals surface area contributed by atoms with Crippen LogP contribution in [0.5, 0.6) is 5.75 Å². The minimum absolute atomic E-state index is 0.0214. The fraction of sp³-hybridized carbons (Fsp3) is 0.462. The Balaban J connectivity index is 2.11. The summed E-state index contributed by atoms with van der Waals surface area (Å²) in [5, 5.41) is 13.0. The van der Waals surface area contributed by atoms with Crippen LogP contribution in [0.15, 0.2) is 24.3 Å². The van der Waals surface area contributed by atoms with E-state index in [4.69, 9.17) is 4.74 Å². The van der Waals surface area contributed by atoms with Crippen LogP contribution in [-0.4, -0.2) is 23.7 Å². The standard InChI is InChI=1S/C13H17NO3/c1-2-10(9-5-3-4-6-12(9)15)14-11-7-8-17-13(11)16/h3-6,10-11,14-15H,2,7-8H2,1H3. The zero-order valence-electron chi connectivity index (χ0n) is 9.85. The van der Waals surface area contributed by atoms with E-state index in [0.29, 0.717) is 13.0 Å². The lowest BCUT2D eigenvalue weighted by Gasteiger charge is -2.20. The molecule has 1 aliphatic heterocycles. The van der Waals surface area contributed by atoms with Gasteiger partial charge in [0.05, 0.1) is 6.61 Å². The first-order valence-corrected chi connectivity index (χ1v) is 5.93. The molecule has 17 heavy (non-hydrogen) atoms. The lowest BCUT2D eigenvalue weighted by molar-refractivity contribution is -0.139. The van der Waals surface area contributed by atoms with Crippen molar-refractivity contribution in [2.24, 2.45) is 0 Å². The normalized spacial score (nSPS) is 21.2. The topological polar surface area (TPSA) is 58.6 Å². The lowest BCUT2D eigenvalue weighted by atomic mass is 10.0. The molecule has 1 fully saturated rings. The monoisotopic (exact) mass is 235 g/mol. The Hall–Kier alpha value is -1.55. The predicted octanol–water partition coefficient (Wildman–Crippen LogP) is 1.75. The van der Waals surface area contributed by atoms with Crippen molar-refractivity contribution in [3.05, 3.63) is 29.8 Å². The molecule has 1 aromatic carbocycles. The molecule has 2 atom stereocenters. The molecule has 92 valence electrons. The zero-order chi connectivity index (χ0) is 12.3. The quantitative estimate of drug-likeness (QED) is 0.781. The van der Waals surface area contributed by atoms with Gasteiger partial charge in [0.1, 0.15) is 11.8 Å². The van der Waals surface area contributed by atoms with E-state index in [-0.39, 0.29) is 23.8 Å². The molecule has 1 aromatic rings. The molecule has 0 radical (unpaired) electrons. The third kappa shape index (κ3) is 2.58. The van der Waals surface area contributed by atoms with Crippen LogP contribution in [0.4, 0.5) is 0 Å². The van der Waals surface area contributed by atoms with Gasteiger partial charge in [-0.3, -0.25) is 10.1 Å². The summed E-state index contributed by atoms with van der Waals surface area (Å²) >= 11 is 0. The number of aromatic hydroxyl groups is 1.